The highest BCUT2D eigenvalue weighted by Crippen LogP contribution is 2.41. The molecule has 0 fully saturated rings. The molecule has 0 radical (unpaired) electrons. The molecule has 5 rings (SSSR count). The van der Waals surface area contributed by atoms with Crippen LogP contribution in [0.2, 0.25) is 5.02 Å². The number of carbonyl (C=O) groups is 2. The molecule has 2 unspecified atom stereocenters. The number of nitrogens with one attached hydrogen (secondary N) is 1. The molecular formula is C31H34ClF2N5O4S. The van der Waals surface area contributed by atoms with Gasteiger partial charge in [-0.1, -0.05) is 17.7 Å². The van der Waals surface area contributed by atoms with E-state index in [2.05, 4.69) is 10.3 Å². The zero-order valence-electron chi connectivity index (χ0n) is 25.0. The van der Waals surface area contributed by atoms with Gasteiger partial charge in [-0.25, -0.2) is 18.6 Å². The van der Waals surface area contributed by atoms with Gasteiger partial charge in [-0.15, -0.1) is 11.3 Å². The molecule has 1 aromatic carbocycles. The molecule has 44 heavy (non-hydrogen) atoms. The number of nitrogens with zero attached hydrogens (tertiary/aromatic N) is 4. The van der Waals surface area contributed by atoms with E-state index in [1.54, 1.807) is 25.4 Å². The van der Waals surface area contributed by atoms with E-state index in [4.69, 9.17) is 31.2 Å². The zero-order chi connectivity index (χ0) is 31.6. The fourth-order valence-electron chi connectivity index (χ4n) is 5.49. The number of esters is 2. The second kappa shape index (κ2) is 13.2. The summed E-state index contributed by atoms with van der Waals surface area (Å²) < 4.78 is 41.3. The third-order valence-electron chi connectivity index (χ3n) is 7.89. The monoisotopic (exact) mass is 645 g/mol. The molecule has 1 aliphatic heterocycles. The van der Waals surface area contributed by atoms with Crippen LogP contribution in [0.5, 0.6) is 0 Å². The largest absolute Gasteiger partial charge is 0.466 e. The standard InChI is InChI=1S/C31H34ClF2N5O4S/c1-5-42-29(40)22-25(17-7-10-21-18(15-17)16-39(38-21)13-11-31(3,4)30(41)43-6-2)36-27(28-35-12-14-44-28)37-26(22)19-8-9-20(33)24(34)23(19)32/h8-9,12,14,16-17,26H,5-7,10-11,13,15H2,1-4H3,(H,36,37). The van der Waals surface area contributed by atoms with Gasteiger partial charge in [-0.05, 0) is 65.0 Å². The highest BCUT2D eigenvalue weighted by Gasteiger charge is 2.39. The Morgan fingerprint density at radius 1 is 1.20 bits per heavy atom. The van der Waals surface area contributed by atoms with Gasteiger partial charge in [0.2, 0.25) is 0 Å². The highest BCUT2D eigenvalue weighted by atomic mass is 35.5. The summed E-state index contributed by atoms with van der Waals surface area (Å²) >= 11 is 7.67. The first-order chi connectivity index (χ1) is 21.0. The molecule has 3 heterocycles. The molecule has 13 heteroatoms. The number of aryl methyl sites for hydroxylation is 2. The Labute approximate surface area is 263 Å². The number of aromatic nitrogens is 3. The second-order valence-electron chi connectivity index (χ2n) is 11.3. The molecule has 1 aliphatic carbocycles. The van der Waals surface area contributed by atoms with Crippen molar-refractivity contribution >= 4 is 40.7 Å². The molecule has 0 saturated carbocycles. The number of thiazole rings is 1. The number of rotatable bonds is 10. The quantitative estimate of drug-likeness (QED) is 0.214. The highest BCUT2D eigenvalue weighted by molar-refractivity contribution is 7.11. The van der Waals surface area contributed by atoms with Gasteiger partial charge < -0.3 is 14.8 Å². The Morgan fingerprint density at radius 3 is 2.68 bits per heavy atom. The molecule has 0 spiro atoms. The maximum absolute atomic E-state index is 14.7. The van der Waals surface area contributed by atoms with Gasteiger partial charge in [-0.3, -0.25) is 14.5 Å². The third kappa shape index (κ3) is 6.41. The number of aliphatic imine (C=N–C) groups is 1. The summed E-state index contributed by atoms with van der Waals surface area (Å²) in [7, 11) is 0. The molecule has 2 aromatic heterocycles. The molecule has 0 bridgehead atoms. The van der Waals surface area contributed by atoms with Crippen molar-refractivity contribution in [3.05, 3.63) is 79.7 Å². The minimum atomic E-state index is -1.21. The minimum absolute atomic E-state index is 0.112. The lowest BCUT2D eigenvalue weighted by Crippen LogP contribution is -2.38. The number of ether oxygens (including phenoxy) is 2. The van der Waals surface area contributed by atoms with Crippen LogP contribution in [0, 0.1) is 23.0 Å². The summed E-state index contributed by atoms with van der Waals surface area (Å²) in [5.41, 5.74) is 2.24. The molecular weight excluding hydrogens is 612 g/mol. The number of hydrogen-bond acceptors (Lipinski definition) is 9. The second-order valence-corrected chi connectivity index (χ2v) is 12.6. The fraction of sp³-hybridized carbons (Fsp3) is 0.452. The van der Waals surface area contributed by atoms with Gasteiger partial charge in [0.25, 0.3) is 0 Å². The Bertz CT molecular complexity index is 1620. The van der Waals surface area contributed by atoms with E-state index in [0.717, 1.165) is 17.3 Å². The van der Waals surface area contributed by atoms with Crippen LogP contribution < -0.4 is 5.32 Å². The van der Waals surface area contributed by atoms with Crippen molar-refractivity contribution in [3.8, 4) is 0 Å². The molecule has 2 atom stereocenters. The van der Waals surface area contributed by atoms with Crippen molar-refractivity contribution in [1.82, 2.24) is 20.1 Å². The minimum Gasteiger partial charge on any atom is -0.466 e. The normalized spacial score (nSPS) is 18.4. The Hall–Kier alpha value is -3.64. The van der Waals surface area contributed by atoms with Crippen LogP contribution in [-0.2, 0) is 38.4 Å². The van der Waals surface area contributed by atoms with Crippen LogP contribution in [0.15, 0.2) is 46.2 Å². The lowest BCUT2D eigenvalue weighted by Gasteiger charge is -2.33. The van der Waals surface area contributed by atoms with Crippen molar-refractivity contribution in [2.75, 3.05) is 13.2 Å². The number of benzene rings is 1. The van der Waals surface area contributed by atoms with Gasteiger partial charge in [0, 0.05) is 41.5 Å². The van der Waals surface area contributed by atoms with Gasteiger partial charge in [-0.2, -0.15) is 5.10 Å². The van der Waals surface area contributed by atoms with E-state index in [1.165, 1.54) is 17.4 Å². The Balaban J connectivity index is 1.51. The van der Waals surface area contributed by atoms with Gasteiger partial charge in [0.1, 0.15) is 6.04 Å². The zero-order valence-corrected chi connectivity index (χ0v) is 26.5. The Kier molecular flexibility index (Phi) is 9.50. The topological polar surface area (TPSA) is 108 Å². The van der Waals surface area contributed by atoms with Crippen LogP contribution in [0.4, 0.5) is 8.78 Å². The maximum Gasteiger partial charge on any atom is 0.338 e. The van der Waals surface area contributed by atoms with Gasteiger partial charge in [0.05, 0.1) is 34.9 Å². The average Bonchev–Trinajstić information content (AvgIpc) is 3.69. The molecule has 2 aliphatic rings. The van der Waals surface area contributed by atoms with E-state index >= 15 is 0 Å². The van der Waals surface area contributed by atoms with Crippen molar-refractivity contribution in [1.29, 1.82) is 0 Å². The number of fused-ring (bicyclic) bond motifs is 1. The predicted molar refractivity (Wildman–Crippen MR) is 162 cm³/mol. The van der Waals surface area contributed by atoms with Crippen molar-refractivity contribution in [2.24, 2.45) is 16.3 Å². The number of carbonyl (C=O) groups excluding carboxylic acids is 2. The maximum atomic E-state index is 14.7. The summed E-state index contributed by atoms with van der Waals surface area (Å²) in [4.78, 5) is 35.0. The van der Waals surface area contributed by atoms with Crippen molar-refractivity contribution < 1.29 is 27.8 Å². The van der Waals surface area contributed by atoms with E-state index in [0.29, 0.717) is 55.4 Å². The number of amidine groups is 1. The average molecular weight is 646 g/mol. The SMILES string of the molecule is CCOC(=O)C1=C(C2CCc3nn(CCC(C)(C)C(=O)OCC)cc3C2)NC(c2nccs2)=NC1c1ccc(F)c(F)c1Cl. The lowest BCUT2D eigenvalue weighted by molar-refractivity contribution is -0.154. The molecule has 9 nitrogen and oxygen atoms in total. The van der Waals surface area contributed by atoms with Crippen LogP contribution in [0.1, 0.15) is 68.4 Å². The molecule has 234 valence electrons. The van der Waals surface area contributed by atoms with Gasteiger partial charge >= 0.3 is 11.9 Å². The molecule has 0 saturated heterocycles. The first kappa shape index (κ1) is 31.8. The van der Waals surface area contributed by atoms with Crippen LogP contribution in [0.3, 0.4) is 0 Å². The lowest BCUT2D eigenvalue weighted by atomic mass is 9.81. The molecule has 0 amide bonds. The summed E-state index contributed by atoms with van der Waals surface area (Å²) in [6.07, 6.45) is 6.04. The smallest absolute Gasteiger partial charge is 0.338 e. The van der Waals surface area contributed by atoms with E-state index in [9.17, 15) is 18.4 Å². The van der Waals surface area contributed by atoms with Crippen molar-refractivity contribution in [2.45, 2.75) is 66.0 Å². The first-order valence-corrected chi connectivity index (χ1v) is 15.8. The molecule has 3 aromatic rings. The van der Waals surface area contributed by atoms with Crippen molar-refractivity contribution in [3.63, 3.8) is 0 Å². The summed E-state index contributed by atoms with van der Waals surface area (Å²) in [6, 6.07) is 1.27. The third-order valence-corrected chi connectivity index (χ3v) is 9.05. The number of halogens is 3. The van der Waals surface area contributed by atoms with E-state index in [1.807, 2.05) is 24.7 Å². The van der Waals surface area contributed by atoms with Gasteiger partial charge in [0.15, 0.2) is 22.5 Å². The molecule has 1 N–H and O–H groups in total. The number of allylic oxidation sites excluding steroid dienone is 1. The first-order valence-electron chi connectivity index (χ1n) is 14.6. The summed E-state index contributed by atoms with van der Waals surface area (Å²) in [6.45, 7) is 8.19. The van der Waals surface area contributed by atoms with E-state index < -0.39 is 34.1 Å². The van der Waals surface area contributed by atoms with Crippen LogP contribution in [-0.4, -0.2) is 45.8 Å². The Morgan fingerprint density at radius 2 is 1.98 bits per heavy atom. The van der Waals surface area contributed by atoms with E-state index in [-0.39, 0.29) is 29.6 Å². The predicted octanol–water partition coefficient (Wildman–Crippen LogP) is 5.96. The van der Waals surface area contributed by atoms with Crippen LogP contribution in [0.25, 0.3) is 0 Å². The van der Waals surface area contributed by atoms with Crippen LogP contribution >= 0.6 is 22.9 Å². The number of hydrogen-bond donors (Lipinski definition) is 1. The summed E-state index contributed by atoms with van der Waals surface area (Å²) in [5, 5.41) is 10.1. The fourth-order valence-corrected chi connectivity index (χ4v) is 6.34. The summed E-state index contributed by atoms with van der Waals surface area (Å²) in [5.74, 6) is -2.94.